The molecule has 96 valence electrons. The van der Waals surface area contributed by atoms with Crippen LogP contribution in [0.25, 0.3) is 0 Å². The van der Waals surface area contributed by atoms with E-state index in [1.165, 1.54) is 4.68 Å². The number of carbonyl (C=O) groups excluding carboxylic acids is 1. The van der Waals surface area contributed by atoms with Gasteiger partial charge in [0.05, 0.1) is 12.8 Å². The van der Waals surface area contributed by atoms with Crippen molar-refractivity contribution in [3.05, 3.63) is 11.9 Å². The lowest BCUT2D eigenvalue weighted by Gasteiger charge is -2.11. The van der Waals surface area contributed by atoms with Crippen LogP contribution < -0.4 is 5.32 Å². The van der Waals surface area contributed by atoms with E-state index < -0.39 is 6.04 Å². The maximum Gasteiger partial charge on any atom is 0.244 e. The Morgan fingerprint density at radius 3 is 3.06 bits per heavy atom. The third-order valence-electron chi connectivity index (χ3n) is 2.32. The van der Waals surface area contributed by atoms with Gasteiger partial charge in [-0.05, 0) is 13.3 Å². The summed E-state index contributed by atoms with van der Waals surface area (Å²) in [5, 5.41) is 19.1. The molecule has 1 amide bonds. The van der Waals surface area contributed by atoms with Gasteiger partial charge in [-0.2, -0.15) is 0 Å². The van der Waals surface area contributed by atoms with Gasteiger partial charge < -0.3 is 15.2 Å². The number of amides is 1. The third kappa shape index (κ3) is 4.12. The summed E-state index contributed by atoms with van der Waals surface area (Å²) in [6.07, 6.45) is 2.33. The van der Waals surface area contributed by atoms with Crippen LogP contribution in [0.2, 0.25) is 0 Å². The van der Waals surface area contributed by atoms with Crippen LogP contribution in [-0.4, -0.2) is 46.3 Å². The van der Waals surface area contributed by atoms with Gasteiger partial charge in [-0.15, -0.1) is 5.10 Å². The Bertz CT molecular complexity index is 353. The molecule has 1 atom stereocenters. The molecule has 0 fully saturated rings. The van der Waals surface area contributed by atoms with Crippen LogP contribution in [0, 0.1) is 0 Å². The lowest BCUT2D eigenvalue weighted by molar-refractivity contribution is -0.124. The number of aliphatic hydroxyl groups is 1. The number of aliphatic hydroxyl groups excluding tert-OH is 1. The van der Waals surface area contributed by atoms with Gasteiger partial charge in [0.1, 0.15) is 11.7 Å². The van der Waals surface area contributed by atoms with Crippen molar-refractivity contribution in [3.8, 4) is 0 Å². The van der Waals surface area contributed by atoms with E-state index in [4.69, 9.17) is 9.84 Å². The number of hydrogen-bond donors (Lipinski definition) is 2. The molecule has 0 aliphatic carbocycles. The second-order valence-electron chi connectivity index (χ2n) is 3.66. The van der Waals surface area contributed by atoms with Gasteiger partial charge >= 0.3 is 0 Å². The van der Waals surface area contributed by atoms with Crippen molar-refractivity contribution in [1.82, 2.24) is 20.3 Å². The summed E-state index contributed by atoms with van der Waals surface area (Å²) in [6, 6.07) is -0.439. The highest BCUT2D eigenvalue weighted by Crippen LogP contribution is 2.04. The first-order valence-corrected chi connectivity index (χ1v) is 5.47. The molecule has 0 aliphatic heterocycles. The fourth-order valence-corrected chi connectivity index (χ4v) is 1.27. The maximum atomic E-state index is 11.7. The van der Waals surface area contributed by atoms with E-state index in [-0.39, 0.29) is 12.5 Å². The molecule has 0 spiro atoms. The number of methoxy groups -OCH3 is 1. The van der Waals surface area contributed by atoms with Crippen LogP contribution in [0.5, 0.6) is 0 Å². The molecule has 7 heteroatoms. The summed E-state index contributed by atoms with van der Waals surface area (Å²) in [7, 11) is 1.62. The quantitative estimate of drug-likeness (QED) is 0.628. The Kier molecular flexibility index (Phi) is 5.58. The van der Waals surface area contributed by atoms with E-state index in [1.807, 2.05) is 0 Å². The molecular formula is C10H18N4O3. The van der Waals surface area contributed by atoms with E-state index in [0.29, 0.717) is 18.8 Å². The van der Waals surface area contributed by atoms with Crippen molar-refractivity contribution < 1.29 is 14.6 Å². The van der Waals surface area contributed by atoms with Gasteiger partial charge in [0.25, 0.3) is 0 Å². The smallest absolute Gasteiger partial charge is 0.244 e. The highest BCUT2D eigenvalue weighted by atomic mass is 16.5. The van der Waals surface area contributed by atoms with Crippen LogP contribution in [0.15, 0.2) is 6.20 Å². The predicted molar refractivity (Wildman–Crippen MR) is 60.2 cm³/mol. The Hall–Kier alpha value is -1.47. The van der Waals surface area contributed by atoms with Crippen LogP contribution in [-0.2, 0) is 16.1 Å². The van der Waals surface area contributed by atoms with Gasteiger partial charge in [-0.25, -0.2) is 4.68 Å². The molecule has 7 nitrogen and oxygen atoms in total. The molecule has 0 radical (unpaired) electrons. The monoisotopic (exact) mass is 242 g/mol. The zero-order valence-electron chi connectivity index (χ0n) is 10.1. The number of carbonyl (C=O) groups is 1. The SMILES string of the molecule is COCCCNC(=O)C(C)n1cc(CO)nn1. The number of hydrogen-bond acceptors (Lipinski definition) is 5. The molecular weight excluding hydrogens is 224 g/mol. The number of ether oxygens (including phenoxy) is 1. The lowest BCUT2D eigenvalue weighted by Crippen LogP contribution is -2.32. The minimum Gasteiger partial charge on any atom is -0.390 e. The fourth-order valence-electron chi connectivity index (χ4n) is 1.27. The highest BCUT2D eigenvalue weighted by molar-refractivity contribution is 5.79. The van der Waals surface area contributed by atoms with Gasteiger partial charge in [0.2, 0.25) is 5.91 Å². The lowest BCUT2D eigenvalue weighted by atomic mass is 10.3. The molecule has 1 aromatic heterocycles. The van der Waals surface area contributed by atoms with Crippen molar-refractivity contribution in [2.45, 2.75) is 26.0 Å². The molecule has 0 aromatic carbocycles. The van der Waals surface area contributed by atoms with Crippen LogP contribution >= 0.6 is 0 Å². The molecule has 2 N–H and O–H groups in total. The Balaban J connectivity index is 2.40. The van der Waals surface area contributed by atoms with E-state index in [2.05, 4.69) is 15.6 Å². The molecule has 0 bridgehead atoms. The van der Waals surface area contributed by atoms with Crippen molar-refractivity contribution in [2.24, 2.45) is 0 Å². The van der Waals surface area contributed by atoms with E-state index in [0.717, 1.165) is 6.42 Å². The standard InChI is InChI=1S/C10H18N4O3/c1-8(10(16)11-4-3-5-17-2)14-6-9(7-15)12-13-14/h6,8,15H,3-5,7H2,1-2H3,(H,11,16). The van der Waals surface area contributed by atoms with Gasteiger partial charge in [-0.1, -0.05) is 5.21 Å². The van der Waals surface area contributed by atoms with Crippen molar-refractivity contribution >= 4 is 5.91 Å². The maximum absolute atomic E-state index is 11.7. The number of aromatic nitrogens is 3. The van der Waals surface area contributed by atoms with Gasteiger partial charge in [0, 0.05) is 20.3 Å². The van der Waals surface area contributed by atoms with Crippen LogP contribution in [0.4, 0.5) is 0 Å². The molecule has 0 saturated heterocycles. The molecule has 1 heterocycles. The normalized spacial score (nSPS) is 12.4. The molecule has 1 rings (SSSR count). The topological polar surface area (TPSA) is 89.3 Å². The first-order chi connectivity index (χ1) is 8.19. The van der Waals surface area contributed by atoms with Crippen LogP contribution in [0.3, 0.4) is 0 Å². The zero-order chi connectivity index (χ0) is 12.7. The second kappa shape index (κ2) is 6.97. The minimum atomic E-state index is -0.439. The van der Waals surface area contributed by atoms with E-state index in [1.54, 1.807) is 20.2 Å². The van der Waals surface area contributed by atoms with Gasteiger partial charge in [0.15, 0.2) is 0 Å². The Labute approximate surface area is 99.8 Å². The fraction of sp³-hybridized carbons (Fsp3) is 0.700. The van der Waals surface area contributed by atoms with Crippen LogP contribution in [0.1, 0.15) is 25.1 Å². The molecule has 1 unspecified atom stereocenters. The zero-order valence-corrected chi connectivity index (χ0v) is 10.1. The summed E-state index contributed by atoms with van der Waals surface area (Å²) >= 11 is 0. The first kappa shape index (κ1) is 13.6. The largest absolute Gasteiger partial charge is 0.390 e. The predicted octanol–water partition coefficient (Wildman–Crippen LogP) is -0.516. The molecule has 0 aliphatic rings. The van der Waals surface area contributed by atoms with E-state index >= 15 is 0 Å². The minimum absolute atomic E-state index is 0.129. The Morgan fingerprint density at radius 1 is 1.71 bits per heavy atom. The highest BCUT2D eigenvalue weighted by Gasteiger charge is 2.15. The molecule has 0 saturated carbocycles. The van der Waals surface area contributed by atoms with Crippen molar-refractivity contribution in [2.75, 3.05) is 20.3 Å². The summed E-state index contributed by atoms with van der Waals surface area (Å²) in [5.41, 5.74) is 0.448. The number of nitrogens with one attached hydrogen (secondary N) is 1. The summed E-state index contributed by atoms with van der Waals surface area (Å²) in [4.78, 5) is 11.7. The van der Waals surface area contributed by atoms with Gasteiger partial charge in [-0.3, -0.25) is 4.79 Å². The summed E-state index contributed by atoms with van der Waals surface area (Å²) in [5.74, 6) is -0.129. The number of rotatable bonds is 7. The molecule has 17 heavy (non-hydrogen) atoms. The second-order valence-corrected chi connectivity index (χ2v) is 3.66. The Morgan fingerprint density at radius 2 is 2.47 bits per heavy atom. The summed E-state index contributed by atoms with van der Waals surface area (Å²) < 4.78 is 6.31. The summed E-state index contributed by atoms with van der Waals surface area (Å²) in [6.45, 7) is 2.73. The third-order valence-corrected chi connectivity index (χ3v) is 2.32. The van der Waals surface area contributed by atoms with Crippen molar-refractivity contribution in [3.63, 3.8) is 0 Å². The average molecular weight is 242 g/mol. The van der Waals surface area contributed by atoms with E-state index in [9.17, 15) is 4.79 Å². The molecule has 1 aromatic rings. The van der Waals surface area contributed by atoms with Crippen molar-refractivity contribution in [1.29, 1.82) is 0 Å². The number of nitrogens with zero attached hydrogens (tertiary/aromatic N) is 3. The first-order valence-electron chi connectivity index (χ1n) is 5.47. The average Bonchev–Trinajstić information content (AvgIpc) is 2.82.